The molecule has 0 bridgehead atoms. The Morgan fingerprint density at radius 1 is 1.43 bits per heavy atom. The van der Waals surface area contributed by atoms with E-state index in [9.17, 15) is 10.1 Å². The molecule has 124 valence electrons. The van der Waals surface area contributed by atoms with Crippen molar-refractivity contribution in [3.05, 3.63) is 22.9 Å². The maximum atomic E-state index is 12.1. The molecule has 1 aliphatic heterocycles. The molecule has 0 saturated carbocycles. The number of hydrogen-bond donors (Lipinski definition) is 1. The molecule has 5 nitrogen and oxygen atoms in total. The number of amides is 1. The number of nitrogens with zero attached hydrogens (tertiary/aromatic N) is 3. The van der Waals surface area contributed by atoms with Crippen LogP contribution in [0.1, 0.15) is 49.9 Å². The van der Waals surface area contributed by atoms with Gasteiger partial charge in [0, 0.05) is 31.2 Å². The second-order valence-electron chi connectivity index (χ2n) is 6.81. The van der Waals surface area contributed by atoms with Crippen LogP contribution in [-0.4, -0.2) is 34.9 Å². The van der Waals surface area contributed by atoms with Crippen LogP contribution in [0.5, 0.6) is 0 Å². The molecule has 2 rings (SSSR count). The number of likely N-dealkylation sites (tertiary alicyclic amines) is 1. The molecule has 23 heavy (non-hydrogen) atoms. The molecule has 1 amide bonds. The van der Waals surface area contributed by atoms with Gasteiger partial charge in [-0.15, -0.1) is 0 Å². The Morgan fingerprint density at radius 2 is 2.09 bits per heavy atom. The van der Waals surface area contributed by atoms with E-state index in [0.717, 1.165) is 37.2 Å². The lowest BCUT2D eigenvalue weighted by molar-refractivity contribution is -0.132. The molecule has 1 aliphatic rings. The minimum Gasteiger partial charge on any atom is -0.366 e. The summed E-state index contributed by atoms with van der Waals surface area (Å²) in [6, 6.07) is 4.43. The Bertz CT molecular complexity index is 610. The zero-order valence-corrected chi connectivity index (χ0v) is 14.5. The van der Waals surface area contributed by atoms with Gasteiger partial charge in [0.05, 0.1) is 5.56 Å². The van der Waals surface area contributed by atoms with Crippen molar-refractivity contribution >= 4 is 11.7 Å². The Hall–Kier alpha value is -2.09. The van der Waals surface area contributed by atoms with Crippen LogP contribution in [-0.2, 0) is 4.79 Å². The first-order valence-electron chi connectivity index (χ1n) is 8.33. The van der Waals surface area contributed by atoms with Crippen LogP contribution >= 0.6 is 0 Å². The van der Waals surface area contributed by atoms with Crippen LogP contribution in [0.15, 0.2) is 6.07 Å². The predicted molar refractivity (Wildman–Crippen MR) is 91.1 cm³/mol. The predicted octanol–water partition coefficient (Wildman–Crippen LogP) is 3.02. The third kappa shape index (κ3) is 4.44. The van der Waals surface area contributed by atoms with E-state index in [0.29, 0.717) is 23.7 Å². The van der Waals surface area contributed by atoms with Gasteiger partial charge in [-0.1, -0.05) is 13.8 Å². The van der Waals surface area contributed by atoms with Gasteiger partial charge in [0.15, 0.2) is 0 Å². The second kappa shape index (κ2) is 7.45. The zero-order valence-electron chi connectivity index (χ0n) is 14.5. The maximum absolute atomic E-state index is 12.1. The Labute approximate surface area is 138 Å². The second-order valence-corrected chi connectivity index (χ2v) is 6.81. The zero-order chi connectivity index (χ0) is 17.0. The monoisotopic (exact) mass is 314 g/mol. The molecule has 0 aliphatic carbocycles. The van der Waals surface area contributed by atoms with Gasteiger partial charge in [-0.2, -0.15) is 5.26 Å². The van der Waals surface area contributed by atoms with Crippen molar-refractivity contribution in [1.82, 2.24) is 9.88 Å². The molecular weight excluding hydrogens is 288 g/mol. The number of aryl methyl sites for hydroxylation is 2. The summed E-state index contributed by atoms with van der Waals surface area (Å²) >= 11 is 0. The number of carbonyl (C=O) groups excluding carboxylic acids is 1. The molecule has 0 spiro atoms. The highest BCUT2D eigenvalue weighted by Crippen LogP contribution is 2.22. The van der Waals surface area contributed by atoms with Gasteiger partial charge in [0.1, 0.15) is 11.9 Å². The largest absolute Gasteiger partial charge is 0.366 e. The molecule has 2 heterocycles. The van der Waals surface area contributed by atoms with Crippen molar-refractivity contribution < 1.29 is 4.79 Å². The van der Waals surface area contributed by atoms with Gasteiger partial charge < -0.3 is 10.2 Å². The maximum Gasteiger partial charge on any atom is 0.222 e. The van der Waals surface area contributed by atoms with E-state index in [-0.39, 0.29) is 11.9 Å². The number of anilines is 1. The summed E-state index contributed by atoms with van der Waals surface area (Å²) < 4.78 is 0. The van der Waals surface area contributed by atoms with Gasteiger partial charge in [0.2, 0.25) is 5.91 Å². The summed E-state index contributed by atoms with van der Waals surface area (Å²) in [6.07, 6.45) is 2.40. The smallest absolute Gasteiger partial charge is 0.222 e. The molecule has 1 aromatic heterocycles. The number of aromatic nitrogens is 1. The van der Waals surface area contributed by atoms with E-state index in [2.05, 4.69) is 30.2 Å². The van der Waals surface area contributed by atoms with E-state index >= 15 is 0 Å². The topological polar surface area (TPSA) is 69.0 Å². The van der Waals surface area contributed by atoms with Crippen LogP contribution in [0.2, 0.25) is 0 Å². The third-order valence-electron chi connectivity index (χ3n) is 4.23. The van der Waals surface area contributed by atoms with Crippen molar-refractivity contribution in [2.24, 2.45) is 5.92 Å². The molecule has 0 atom stereocenters. The Balaban J connectivity index is 1.97. The first-order chi connectivity index (χ1) is 10.9. The van der Waals surface area contributed by atoms with E-state index in [1.807, 2.05) is 24.8 Å². The molecule has 0 aromatic carbocycles. The first kappa shape index (κ1) is 17.3. The van der Waals surface area contributed by atoms with E-state index in [1.165, 1.54) is 0 Å². The molecular formula is C18H26N4O. The van der Waals surface area contributed by atoms with Crippen molar-refractivity contribution in [2.75, 3.05) is 18.4 Å². The van der Waals surface area contributed by atoms with Crippen molar-refractivity contribution in [1.29, 1.82) is 5.26 Å². The number of hydrogen-bond acceptors (Lipinski definition) is 4. The quantitative estimate of drug-likeness (QED) is 0.927. The molecule has 5 heteroatoms. The molecule has 1 N–H and O–H groups in total. The minimum atomic E-state index is 0.251. The van der Waals surface area contributed by atoms with Crippen LogP contribution in [0, 0.1) is 31.1 Å². The van der Waals surface area contributed by atoms with Gasteiger partial charge in [-0.25, -0.2) is 4.98 Å². The molecule has 1 aromatic rings. The summed E-state index contributed by atoms with van der Waals surface area (Å²) in [5, 5.41) is 12.7. The number of pyridine rings is 1. The lowest BCUT2D eigenvalue weighted by Crippen LogP contribution is -2.42. The highest BCUT2D eigenvalue weighted by Gasteiger charge is 2.24. The summed E-state index contributed by atoms with van der Waals surface area (Å²) in [5.41, 5.74) is 2.48. The summed E-state index contributed by atoms with van der Waals surface area (Å²) in [6.45, 7) is 9.56. The normalized spacial score (nSPS) is 15.6. The fourth-order valence-corrected chi connectivity index (χ4v) is 3.03. The molecule has 0 radical (unpaired) electrons. The highest BCUT2D eigenvalue weighted by molar-refractivity contribution is 5.76. The van der Waals surface area contributed by atoms with Crippen molar-refractivity contribution in [2.45, 2.75) is 53.0 Å². The Morgan fingerprint density at radius 3 is 2.65 bits per heavy atom. The van der Waals surface area contributed by atoms with Crippen LogP contribution in [0.3, 0.4) is 0 Å². The summed E-state index contributed by atoms with van der Waals surface area (Å²) in [7, 11) is 0. The van der Waals surface area contributed by atoms with Gasteiger partial charge in [-0.05, 0) is 44.2 Å². The fraction of sp³-hybridized carbons (Fsp3) is 0.611. The molecule has 1 fully saturated rings. The van der Waals surface area contributed by atoms with E-state index < -0.39 is 0 Å². The third-order valence-corrected chi connectivity index (χ3v) is 4.23. The van der Waals surface area contributed by atoms with Crippen molar-refractivity contribution in [3.63, 3.8) is 0 Å². The van der Waals surface area contributed by atoms with Gasteiger partial charge >= 0.3 is 0 Å². The van der Waals surface area contributed by atoms with Crippen LogP contribution < -0.4 is 5.32 Å². The standard InChI is InChI=1S/C18H26N4O/c1-12(2)9-17(23)22-7-5-15(6-8-22)21-18-16(11-19)13(3)10-14(4)20-18/h10,12,15H,5-9H2,1-4H3,(H,20,21). The molecule has 1 saturated heterocycles. The number of carbonyl (C=O) groups is 1. The molecule has 0 unspecified atom stereocenters. The highest BCUT2D eigenvalue weighted by atomic mass is 16.2. The SMILES string of the molecule is Cc1cc(C)c(C#N)c(NC2CCN(C(=O)CC(C)C)CC2)n1. The van der Waals surface area contributed by atoms with Gasteiger partial charge in [0.25, 0.3) is 0 Å². The van der Waals surface area contributed by atoms with Crippen molar-refractivity contribution in [3.8, 4) is 6.07 Å². The van der Waals surface area contributed by atoms with E-state index in [1.54, 1.807) is 0 Å². The lowest BCUT2D eigenvalue weighted by atomic mass is 10.0. The number of nitriles is 1. The average Bonchev–Trinajstić information content (AvgIpc) is 2.47. The van der Waals surface area contributed by atoms with Gasteiger partial charge in [-0.3, -0.25) is 4.79 Å². The van der Waals surface area contributed by atoms with Crippen LogP contribution in [0.25, 0.3) is 0 Å². The van der Waals surface area contributed by atoms with Crippen LogP contribution in [0.4, 0.5) is 5.82 Å². The number of rotatable bonds is 4. The first-order valence-corrected chi connectivity index (χ1v) is 8.33. The minimum absolute atomic E-state index is 0.251. The summed E-state index contributed by atoms with van der Waals surface area (Å²) in [5.74, 6) is 1.33. The van der Waals surface area contributed by atoms with E-state index in [4.69, 9.17) is 0 Å². The lowest BCUT2D eigenvalue weighted by Gasteiger charge is -2.33. The number of nitrogens with one attached hydrogen (secondary N) is 1. The number of piperidine rings is 1. The average molecular weight is 314 g/mol. The fourth-order valence-electron chi connectivity index (χ4n) is 3.03. The Kier molecular flexibility index (Phi) is 5.59. The summed E-state index contributed by atoms with van der Waals surface area (Å²) in [4.78, 5) is 18.5.